The van der Waals surface area contributed by atoms with Crippen LogP contribution in [-0.4, -0.2) is 21.3 Å². The Kier molecular flexibility index (Phi) is 5.61. The first kappa shape index (κ1) is 16.1. The minimum absolute atomic E-state index is 0.231. The Bertz CT molecular complexity index is 614. The molecule has 5 heteroatoms. The van der Waals surface area contributed by atoms with Crippen molar-refractivity contribution in [2.45, 2.75) is 13.1 Å². The number of hydrogen-bond donors (Lipinski definition) is 1. The van der Waals surface area contributed by atoms with Crippen LogP contribution in [0.4, 0.5) is 4.39 Å². The number of methoxy groups -OCH3 is 3. The van der Waals surface area contributed by atoms with Crippen molar-refractivity contribution in [3.8, 4) is 17.2 Å². The van der Waals surface area contributed by atoms with E-state index in [2.05, 4.69) is 5.32 Å². The summed E-state index contributed by atoms with van der Waals surface area (Å²) in [5.41, 5.74) is 1.98. The van der Waals surface area contributed by atoms with Crippen LogP contribution in [0.1, 0.15) is 11.1 Å². The fraction of sp³-hybridized carbons (Fsp3) is 0.294. The molecule has 0 aromatic heterocycles. The maximum atomic E-state index is 12.9. The molecular formula is C17H20FNO3. The molecule has 0 amide bonds. The van der Waals surface area contributed by atoms with Crippen molar-refractivity contribution in [3.63, 3.8) is 0 Å². The van der Waals surface area contributed by atoms with Crippen molar-refractivity contribution in [3.05, 3.63) is 53.3 Å². The zero-order chi connectivity index (χ0) is 15.9. The second-order valence-corrected chi connectivity index (χ2v) is 4.72. The van der Waals surface area contributed by atoms with Gasteiger partial charge >= 0.3 is 0 Å². The average molecular weight is 305 g/mol. The molecule has 22 heavy (non-hydrogen) atoms. The summed E-state index contributed by atoms with van der Waals surface area (Å²) in [4.78, 5) is 0. The van der Waals surface area contributed by atoms with E-state index in [0.29, 0.717) is 30.3 Å². The van der Waals surface area contributed by atoms with E-state index < -0.39 is 0 Å². The Balaban J connectivity index is 2.07. The number of rotatable bonds is 7. The van der Waals surface area contributed by atoms with Crippen molar-refractivity contribution in [1.82, 2.24) is 5.32 Å². The zero-order valence-corrected chi connectivity index (χ0v) is 13.0. The van der Waals surface area contributed by atoms with Crippen LogP contribution in [0.3, 0.4) is 0 Å². The van der Waals surface area contributed by atoms with Crippen LogP contribution in [0, 0.1) is 5.82 Å². The van der Waals surface area contributed by atoms with Crippen LogP contribution in [0.25, 0.3) is 0 Å². The SMILES string of the molecule is COc1ccc(CNCc2ccc(F)cc2)c(OC)c1OC. The zero-order valence-electron chi connectivity index (χ0n) is 13.0. The van der Waals surface area contributed by atoms with E-state index in [1.165, 1.54) is 12.1 Å². The average Bonchev–Trinajstić information content (AvgIpc) is 2.55. The van der Waals surface area contributed by atoms with Gasteiger partial charge in [-0.2, -0.15) is 0 Å². The predicted octanol–water partition coefficient (Wildman–Crippen LogP) is 3.14. The smallest absolute Gasteiger partial charge is 0.203 e. The second-order valence-electron chi connectivity index (χ2n) is 4.72. The molecule has 0 radical (unpaired) electrons. The van der Waals surface area contributed by atoms with Gasteiger partial charge in [0.2, 0.25) is 5.75 Å². The Morgan fingerprint density at radius 2 is 1.50 bits per heavy atom. The molecule has 0 aliphatic rings. The molecule has 0 saturated heterocycles. The lowest BCUT2D eigenvalue weighted by molar-refractivity contribution is 0.321. The van der Waals surface area contributed by atoms with Gasteiger partial charge in [-0.3, -0.25) is 0 Å². The molecule has 118 valence electrons. The van der Waals surface area contributed by atoms with Gasteiger partial charge in [0.05, 0.1) is 21.3 Å². The van der Waals surface area contributed by atoms with Gasteiger partial charge in [0.1, 0.15) is 5.82 Å². The Morgan fingerprint density at radius 3 is 2.09 bits per heavy atom. The quantitative estimate of drug-likeness (QED) is 0.853. The highest BCUT2D eigenvalue weighted by molar-refractivity contribution is 5.55. The monoisotopic (exact) mass is 305 g/mol. The van der Waals surface area contributed by atoms with Crippen LogP contribution < -0.4 is 19.5 Å². The standard InChI is InChI=1S/C17H20FNO3/c1-20-15-9-6-13(16(21-2)17(15)22-3)11-19-10-12-4-7-14(18)8-5-12/h4-9,19H,10-11H2,1-3H3. The number of ether oxygens (including phenoxy) is 3. The van der Waals surface area contributed by atoms with E-state index in [1.54, 1.807) is 33.5 Å². The normalized spacial score (nSPS) is 10.4. The van der Waals surface area contributed by atoms with Crippen LogP contribution >= 0.6 is 0 Å². The van der Waals surface area contributed by atoms with Crippen LogP contribution in [-0.2, 0) is 13.1 Å². The summed E-state index contributed by atoms with van der Waals surface area (Å²) in [6.45, 7) is 1.23. The first-order chi connectivity index (χ1) is 10.7. The van der Waals surface area contributed by atoms with Gasteiger partial charge < -0.3 is 19.5 Å². The van der Waals surface area contributed by atoms with Gasteiger partial charge in [-0.25, -0.2) is 4.39 Å². The van der Waals surface area contributed by atoms with Gasteiger partial charge in [-0.15, -0.1) is 0 Å². The highest BCUT2D eigenvalue weighted by Gasteiger charge is 2.15. The largest absolute Gasteiger partial charge is 0.493 e. The number of hydrogen-bond acceptors (Lipinski definition) is 4. The van der Waals surface area contributed by atoms with Crippen molar-refractivity contribution in [2.75, 3.05) is 21.3 Å². The van der Waals surface area contributed by atoms with E-state index >= 15 is 0 Å². The van der Waals surface area contributed by atoms with Crippen molar-refractivity contribution >= 4 is 0 Å². The summed E-state index contributed by atoms with van der Waals surface area (Å²) in [6, 6.07) is 10.2. The fourth-order valence-corrected chi connectivity index (χ4v) is 2.25. The Hall–Kier alpha value is -2.27. The van der Waals surface area contributed by atoms with Gasteiger partial charge in [-0.05, 0) is 23.8 Å². The third-order valence-electron chi connectivity index (χ3n) is 3.34. The molecule has 0 aliphatic carbocycles. The molecule has 0 bridgehead atoms. The number of halogens is 1. The molecule has 2 rings (SSSR count). The molecular weight excluding hydrogens is 285 g/mol. The molecule has 0 heterocycles. The lowest BCUT2D eigenvalue weighted by Gasteiger charge is -2.16. The molecule has 0 spiro atoms. The molecule has 4 nitrogen and oxygen atoms in total. The predicted molar refractivity (Wildman–Crippen MR) is 83.0 cm³/mol. The summed E-state index contributed by atoms with van der Waals surface area (Å²) in [5.74, 6) is 1.62. The fourth-order valence-electron chi connectivity index (χ4n) is 2.25. The molecule has 2 aromatic rings. The summed E-state index contributed by atoms with van der Waals surface area (Å²) in [5, 5.41) is 3.30. The van der Waals surface area contributed by atoms with Crippen LogP contribution in [0.2, 0.25) is 0 Å². The van der Waals surface area contributed by atoms with Gasteiger partial charge in [0.15, 0.2) is 11.5 Å². The summed E-state index contributed by atoms with van der Waals surface area (Å²) in [6.07, 6.45) is 0. The van der Waals surface area contributed by atoms with E-state index in [1.807, 2.05) is 12.1 Å². The highest BCUT2D eigenvalue weighted by Crippen LogP contribution is 2.39. The summed E-state index contributed by atoms with van der Waals surface area (Å²) >= 11 is 0. The minimum Gasteiger partial charge on any atom is -0.493 e. The first-order valence-corrected chi connectivity index (χ1v) is 6.92. The van der Waals surface area contributed by atoms with E-state index in [0.717, 1.165) is 11.1 Å². The van der Waals surface area contributed by atoms with Crippen molar-refractivity contribution in [2.24, 2.45) is 0 Å². The Labute approximate surface area is 129 Å². The molecule has 0 aliphatic heterocycles. The third kappa shape index (κ3) is 3.68. The molecule has 1 N–H and O–H groups in total. The minimum atomic E-state index is -0.231. The molecule has 2 aromatic carbocycles. The van der Waals surface area contributed by atoms with Crippen LogP contribution in [0.15, 0.2) is 36.4 Å². The van der Waals surface area contributed by atoms with Crippen LogP contribution in [0.5, 0.6) is 17.2 Å². The number of benzene rings is 2. The van der Waals surface area contributed by atoms with E-state index in [-0.39, 0.29) is 5.82 Å². The summed E-state index contributed by atoms with van der Waals surface area (Å²) < 4.78 is 28.9. The topological polar surface area (TPSA) is 39.7 Å². The van der Waals surface area contributed by atoms with Gasteiger partial charge in [-0.1, -0.05) is 18.2 Å². The van der Waals surface area contributed by atoms with Gasteiger partial charge in [0, 0.05) is 18.7 Å². The lowest BCUT2D eigenvalue weighted by atomic mass is 10.1. The Morgan fingerprint density at radius 1 is 0.818 bits per heavy atom. The number of nitrogens with one attached hydrogen (secondary N) is 1. The van der Waals surface area contributed by atoms with E-state index in [4.69, 9.17) is 14.2 Å². The third-order valence-corrected chi connectivity index (χ3v) is 3.34. The molecule has 0 atom stereocenters. The van der Waals surface area contributed by atoms with Crippen molar-refractivity contribution < 1.29 is 18.6 Å². The first-order valence-electron chi connectivity index (χ1n) is 6.92. The molecule has 0 fully saturated rings. The van der Waals surface area contributed by atoms with Gasteiger partial charge in [0.25, 0.3) is 0 Å². The van der Waals surface area contributed by atoms with E-state index in [9.17, 15) is 4.39 Å². The molecule has 0 unspecified atom stereocenters. The highest BCUT2D eigenvalue weighted by atomic mass is 19.1. The maximum Gasteiger partial charge on any atom is 0.203 e. The van der Waals surface area contributed by atoms with Crippen molar-refractivity contribution in [1.29, 1.82) is 0 Å². The summed E-state index contributed by atoms with van der Waals surface area (Å²) in [7, 11) is 4.76. The second kappa shape index (κ2) is 7.66. The molecule has 0 saturated carbocycles. The maximum absolute atomic E-state index is 12.9. The lowest BCUT2D eigenvalue weighted by Crippen LogP contribution is -2.13.